The van der Waals surface area contributed by atoms with E-state index in [1.54, 1.807) is 0 Å². The lowest BCUT2D eigenvalue weighted by atomic mass is 10.1. The average molecular weight is 400 g/mol. The van der Waals surface area contributed by atoms with Gasteiger partial charge in [0.15, 0.2) is 0 Å². The number of imidazole rings is 1. The van der Waals surface area contributed by atoms with Crippen LogP contribution in [0.5, 0.6) is 0 Å². The zero-order valence-electron chi connectivity index (χ0n) is 17.1. The largest absolute Gasteiger partial charge is 0.464 e. The third-order valence-corrected chi connectivity index (χ3v) is 5.77. The third kappa shape index (κ3) is 2.94. The summed E-state index contributed by atoms with van der Waals surface area (Å²) in [7, 11) is 0. The monoisotopic (exact) mass is 400 g/mol. The van der Waals surface area contributed by atoms with Crippen molar-refractivity contribution in [2.45, 2.75) is 6.92 Å². The Balaban J connectivity index is 1.56. The first-order valence-electron chi connectivity index (χ1n) is 10.4. The lowest BCUT2D eigenvalue weighted by Gasteiger charge is -2.10. The Morgan fingerprint density at radius 2 is 1.48 bits per heavy atom. The lowest BCUT2D eigenvalue weighted by molar-refractivity contribution is 0.616. The number of fused-ring (bicyclic) bond motifs is 2. The van der Waals surface area contributed by atoms with Crippen molar-refractivity contribution in [2.24, 2.45) is 0 Å². The van der Waals surface area contributed by atoms with Crippen LogP contribution < -0.4 is 0 Å². The number of furan rings is 1. The molecule has 0 saturated heterocycles. The summed E-state index contributed by atoms with van der Waals surface area (Å²) in [6.07, 6.45) is 1.82. The summed E-state index contributed by atoms with van der Waals surface area (Å²) in [5.74, 6) is 0.885. The van der Waals surface area contributed by atoms with Gasteiger partial charge in [-0.1, -0.05) is 66.7 Å². The van der Waals surface area contributed by atoms with Gasteiger partial charge < -0.3 is 4.42 Å². The van der Waals surface area contributed by atoms with Gasteiger partial charge in [-0.25, -0.2) is 4.98 Å². The maximum Gasteiger partial charge on any atom is 0.149 e. The molecule has 0 spiro atoms. The van der Waals surface area contributed by atoms with E-state index in [-0.39, 0.29) is 0 Å². The normalized spacial score (nSPS) is 11.4. The Labute approximate surface area is 180 Å². The van der Waals surface area contributed by atoms with Crippen LogP contribution in [-0.2, 0) is 0 Å². The van der Waals surface area contributed by atoms with E-state index in [2.05, 4.69) is 96.4 Å². The maximum atomic E-state index is 5.89. The van der Waals surface area contributed by atoms with E-state index in [1.807, 2.05) is 18.4 Å². The van der Waals surface area contributed by atoms with Crippen LogP contribution in [0.3, 0.4) is 0 Å². The molecule has 0 amide bonds. The molecule has 3 heteroatoms. The van der Waals surface area contributed by atoms with Gasteiger partial charge in [-0.2, -0.15) is 0 Å². The Morgan fingerprint density at radius 3 is 2.32 bits per heavy atom. The molecule has 31 heavy (non-hydrogen) atoms. The molecule has 0 radical (unpaired) electrons. The van der Waals surface area contributed by atoms with Gasteiger partial charge in [0.25, 0.3) is 0 Å². The average Bonchev–Trinajstić information content (AvgIpc) is 3.40. The molecule has 0 N–H and O–H groups in total. The summed E-state index contributed by atoms with van der Waals surface area (Å²) in [5, 5.41) is 1.07. The smallest absolute Gasteiger partial charge is 0.149 e. The van der Waals surface area contributed by atoms with E-state index in [1.165, 1.54) is 16.7 Å². The van der Waals surface area contributed by atoms with Crippen LogP contribution in [0.4, 0.5) is 0 Å². The Kier molecular flexibility index (Phi) is 4.00. The maximum absolute atomic E-state index is 5.89. The minimum atomic E-state index is 0.882. The second-order valence-corrected chi connectivity index (χ2v) is 7.82. The first-order valence-corrected chi connectivity index (χ1v) is 10.4. The van der Waals surface area contributed by atoms with Crippen molar-refractivity contribution >= 4 is 22.0 Å². The van der Waals surface area contributed by atoms with Crippen molar-refractivity contribution in [3.63, 3.8) is 0 Å². The molecular weight excluding hydrogens is 380 g/mol. The number of nitrogens with zero attached hydrogens (tertiary/aromatic N) is 2. The molecule has 6 rings (SSSR count). The lowest BCUT2D eigenvalue weighted by Crippen LogP contribution is -1.97. The van der Waals surface area contributed by atoms with E-state index >= 15 is 0 Å². The van der Waals surface area contributed by atoms with Crippen LogP contribution in [0.1, 0.15) is 5.56 Å². The minimum Gasteiger partial charge on any atom is -0.464 e. The second kappa shape index (κ2) is 6.99. The molecular formula is C28H20N2O. The molecule has 0 atom stereocenters. The summed E-state index contributed by atoms with van der Waals surface area (Å²) in [6, 6.07) is 33.6. The standard InChI is InChI=1S/C28H20N2O/c1-19-11-16-23-24(18-31-27(23)17-19)28-29-25-9-5-6-10-26(25)30(28)22-14-12-21(13-15-22)20-7-3-2-4-8-20/h2-18H,1H3. The number of aromatic nitrogens is 2. The first-order chi connectivity index (χ1) is 15.3. The van der Waals surface area contributed by atoms with E-state index in [0.717, 1.165) is 39.1 Å². The van der Waals surface area contributed by atoms with E-state index < -0.39 is 0 Å². The number of hydrogen-bond acceptors (Lipinski definition) is 2. The highest BCUT2D eigenvalue weighted by atomic mass is 16.3. The molecule has 6 aromatic rings. The van der Waals surface area contributed by atoms with Gasteiger partial charge in [0, 0.05) is 11.1 Å². The van der Waals surface area contributed by atoms with Crippen molar-refractivity contribution in [1.82, 2.24) is 9.55 Å². The fourth-order valence-electron chi connectivity index (χ4n) is 4.21. The molecule has 4 aromatic carbocycles. The third-order valence-electron chi connectivity index (χ3n) is 5.77. The number of benzene rings is 4. The molecule has 2 heterocycles. The minimum absolute atomic E-state index is 0.882. The van der Waals surface area contributed by atoms with Crippen molar-refractivity contribution in [2.75, 3.05) is 0 Å². The Morgan fingerprint density at radius 1 is 0.742 bits per heavy atom. The molecule has 0 aliphatic heterocycles. The van der Waals surface area contributed by atoms with Crippen molar-refractivity contribution in [3.05, 3.63) is 109 Å². The molecule has 0 aliphatic carbocycles. The molecule has 3 nitrogen and oxygen atoms in total. The highest BCUT2D eigenvalue weighted by Gasteiger charge is 2.18. The van der Waals surface area contributed by atoms with Gasteiger partial charge in [-0.05, 0) is 53.9 Å². The molecule has 148 valence electrons. The number of hydrogen-bond donors (Lipinski definition) is 0. The topological polar surface area (TPSA) is 31.0 Å². The van der Waals surface area contributed by atoms with Gasteiger partial charge in [0.2, 0.25) is 0 Å². The summed E-state index contributed by atoms with van der Waals surface area (Å²) >= 11 is 0. The summed E-state index contributed by atoms with van der Waals surface area (Å²) in [4.78, 5) is 4.99. The summed E-state index contributed by atoms with van der Waals surface area (Å²) in [5.41, 5.74) is 8.58. The first kappa shape index (κ1) is 17.7. The van der Waals surface area contributed by atoms with Gasteiger partial charge in [-0.15, -0.1) is 0 Å². The van der Waals surface area contributed by atoms with Crippen LogP contribution in [0.15, 0.2) is 108 Å². The van der Waals surface area contributed by atoms with Crippen molar-refractivity contribution in [3.8, 4) is 28.2 Å². The van der Waals surface area contributed by atoms with Crippen molar-refractivity contribution < 1.29 is 4.42 Å². The van der Waals surface area contributed by atoms with Crippen molar-refractivity contribution in [1.29, 1.82) is 0 Å². The van der Waals surface area contributed by atoms with E-state index in [0.29, 0.717) is 0 Å². The molecule has 0 aliphatic rings. The van der Waals surface area contributed by atoms with Gasteiger partial charge in [0.05, 0.1) is 16.6 Å². The zero-order valence-corrected chi connectivity index (χ0v) is 17.1. The van der Waals surface area contributed by atoms with Crippen LogP contribution in [0.25, 0.3) is 50.2 Å². The van der Waals surface area contributed by atoms with E-state index in [4.69, 9.17) is 9.40 Å². The SMILES string of the molecule is Cc1ccc2c(-c3nc4ccccc4n3-c3ccc(-c4ccccc4)cc3)coc2c1. The molecule has 2 aromatic heterocycles. The van der Waals surface area contributed by atoms with E-state index in [9.17, 15) is 0 Å². The number of para-hydroxylation sites is 2. The number of rotatable bonds is 3. The number of aryl methyl sites for hydroxylation is 1. The zero-order chi connectivity index (χ0) is 20.8. The molecule has 0 saturated carbocycles. The Bertz CT molecular complexity index is 1520. The predicted molar refractivity (Wildman–Crippen MR) is 126 cm³/mol. The van der Waals surface area contributed by atoms with Crippen LogP contribution in [0.2, 0.25) is 0 Å². The highest BCUT2D eigenvalue weighted by Crippen LogP contribution is 2.35. The fourth-order valence-corrected chi connectivity index (χ4v) is 4.21. The highest BCUT2D eigenvalue weighted by molar-refractivity contribution is 5.95. The van der Waals surface area contributed by atoms with Crippen LogP contribution in [0, 0.1) is 6.92 Å². The molecule has 0 bridgehead atoms. The van der Waals surface area contributed by atoms with Gasteiger partial charge in [0.1, 0.15) is 17.7 Å². The summed E-state index contributed by atoms with van der Waals surface area (Å²) in [6.45, 7) is 2.07. The van der Waals surface area contributed by atoms with Gasteiger partial charge in [-0.3, -0.25) is 4.57 Å². The quantitative estimate of drug-likeness (QED) is 0.309. The Hall–Kier alpha value is -4.11. The molecule has 0 unspecified atom stereocenters. The second-order valence-electron chi connectivity index (χ2n) is 7.82. The van der Waals surface area contributed by atoms with Crippen LogP contribution >= 0.6 is 0 Å². The van der Waals surface area contributed by atoms with Gasteiger partial charge >= 0.3 is 0 Å². The predicted octanol–water partition coefficient (Wildman–Crippen LogP) is 7.41. The molecule has 0 fully saturated rings. The van der Waals surface area contributed by atoms with Crippen LogP contribution in [-0.4, -0.2) is 9.55 Å². The summed E-state index contributed by atoms with van der Waals surface area (Å²) < 4.78 is 8.11. The fraction of sp³-hybridized carbons (Fsp3) is 0.0357.